The Morgan fingerprint density at radius 1 is 0.421 bits per heavy atom. The number of aliphatic carboxylic acids is 2. The Kier molecular flexibility index (Phi) is 37.4. The maximum Gasteiger partial charge on any atom is 0.363 e. The van der Waals surface area contributed by atoms with E-state index in [0.717, 1.165) is 22.7 Å². The predicted molar refractivity (Wildman–Crippen MR) is 545 cm³/mol. The molecule has 0 radical (unpaired) electrons. The molecule has 0 spiro atoms. The average molecular weight is 2000 g/mol. The summed E-state index contributed by atoms with van der Waals surface area (Å²) in [6, 6.07) is 20.6. The number of nitrogens with zero attached hydrogens (tertiary/aromatic N) is 6. The smallest absolute Gasteiger partial charge is 0.363 e. The minimum atomic E-state index is -1.89. The molecular weight excluding hydrogens is 1870 g/mol. The number of phenolic OH excluding ortho intramolecular Hbond substituents is 1. The third kappa shape index (κ3) is 26.6. The topological polar surface area (TPSA) is 557 Å². The summed E-state index contributed by atoms with van der Waals surface area (Å²) in [6.45, 7) is 8.00. The summed E-state index contributed by atoms with van der Waals surface area (Å²) >= 11 is 0. The van der Waals surface area contributed by atoms with Crippen LogP contribution >= 0.6 is 0 Å². The third-order valence-corrected chi connectivity index (χ3v) is 26.6. The van der Waals surface area contributed by atoms with Crippen molar-refractivity contribution in [2.24, 2.45) is 11.8 Å². The minimum absolute atomic E-state index is 0.00780. The number of anilines is 4. The number of fused-ring (bicyclic) bond motifs is 4. The molecule has 0 unspecified atom stereocenters. The van der Waals surface area contributed by atoms with Crippen LogP contribution in [0.1, 0.15) is 172 Å². The number of carbonyl (C=O) groups is 16. The number of aromatic carboxylic acids is 2. The predicted octanol–water partition coefficient (Wildman–Crippen LogP) is 8.03. The van der Waals surface area contributed by atoms with Crippen molar-refractivity contribution in [2.75, 3.05) is 109 Å². The Bertz CT molecular complexity index is 6280. The normalized spacial score (nSPS) is 15.5. The van der Waals surface area contributed by atoms with Crippen LogP contribution in [-0.4, -0.2) is 285 Å². The molecule has 2 aliphatic heterocycles. The van der Waals surface area contributed by atoms with Crippen LogP contribution in [0.2, 0.25) is 0 Å². The molecular formula is C105H130N16O24+2. The lowest BCUT2D eigenvalue weighted by molar-refractivity contribution is -0.144. The van der Waals surface area contributed by atoms with Crippen LogP contribution in [0.25, 0.3) is 66.1 Å². The molecule has 7 aromatic carbocycles. The molecule has 0 bridgehead atoms. The first-order valence-electron chi connectivity index (χ1n) is 48.5. The van der Waals surface area contributed by atoms with Crippen molar-refractivity contribution in [1.29, 1.82) is 0 Å². The van der Waals surface area contributed by atoms with E-state index in [-0.39, 0.29) is 135 Å². The number of carboxylic acid groups (broad SMARTS) is 4. The highest BCUT2D eigenvalue weighted by atomic mass is 16.4. The van der Waals surface area contributed by atoms with Crippen molar-refractivity contribution in [3.63, 3.8) is 0 Å². The Labute approximate surface area is 838 Å². The summed E-state index contributed by atoms with van der Waals surface area (Å²) in [6.07, 6.45) is 0.923. The molecule has 2 saturated heterocycles. The zero-order valence-electron chi connectivity index (χ0n) is 83.8. The first kappa shape index (κ1) is 110. The number of carboxylic acids is 4. The van der Waals surface area contributed by atoms with Crippen LogP contribution < -0.4 is 72.8 Å². The molecule has 9 aromatic rings. The molecule has 4 heterocycles. The van der Waals surface area contributed by atoms with Crippen LogP contribution in [0, 0.1) is 11.8 Å². The number of likely N-dealkylation sites (tertiary alicyclic amines) is 2. The monoisotopic (exact) mass is 2000 g/mol. The number of amides is 12. The molecule has 12 atom stereocenters. The Balaban J connectivity index is 0.745. The molecule has 0 aliphatic carbocycles. The second-order valence-electron chi connectivity index (χ2n) is 37.6. The fraction of sp³-hybridized carbons (Fsp3) is 0.429. The zero-order valence-corrected chi connectivity index (χ0v) is 83.8. The fourth-order valence-electron chi connectivity index (χ4n) is 17.9. The maximum absolute atomic E-state index is 15.1. The van der Waals surface area contributed by atoms with Gasteiger partial charge in [0, 0.05) is 139 Å². The van der Waals surface area contributed by atoms with E-state index in [1.165, 1.54) is 77.4 Å². The van der Waals surface area contributed by atoms with Gasteiger partial charge in [-0.1, -0.05) is 84.6 Å². The largest absolute Gasteiger partial charge is 0.508 e. The molecule has 16 N–H and O–H groups in total. The van der Waals surface area contributed by atoms with Crippen LogP contribution in [-0.2, 0) is 64.0 Å². The number of carbonyl (C=O) groups excluding carboxylic acids is 12. The van der Waals surface area contributed by atoms with E-state index in [0.29, 0.717) is 67.8 Å². The van der Waals surface area contributed by atoms with Gasteiger partial charge in [0.25, 0.3) is 11.8 Å². The quantitative estimate of drug-likeness (QED) is 0.00974. The standard InChI is InChI=1S/C105H128N16O24/c1-15-18-29-74(111-100(135)79-32-24-46-120(79)101(136)90(56(4)16-2)114-92(127)58(6)108-97(132)75(53-85(125)126)112-94(129)70-26-22-28-72(104(140)141)89(70)87-67-43-37-62(118(11)12)51-82(67)145-83-52-63(119(13)14)38-44-68(83)87)96(131)113-77(55-122)98(133)115-91(57(5)17-3)102(137)121-47-23-31-78(121)99(134)110-73(95(130)107-54-84(124)109-76(105(142)143)48-59-33-39-64(123)40-34-59)30-19-20-45-106-93(128)69-25-21-27-71(103(138)139)88(69)86-65-41-35-60(116(7)8)49-80(65)144-81-50-61(117(9)10)36-42-66(81)86/h21-22,25-28,33-44,49-52,56-58,73-79,90-91,122H,15-20,23-24,29-32,45-48,53-55H2,1-14H3,(H13-2,106,107,108,109,110,111,112,113,114,115,123,124,125,126,127,128,129,130,131,132,133,134,135,138,139,140,141,142,143)/p+2/t56-,57-,58-,73-,74-,75-,76-,77-,78-,79-,90-,91-/m0/s1. The number of unbranched alkanes of at least 4 members (excludes halogenated alkanes) is 2. The van der Waals surface area contributed by atoms with E-state index in [1.807, 2.05) is 107 Å². The van der Waals surface area contributed by atoms with E-state index in [1.54, 1.807) is 76.2 Å². The highest BCUT2D eigenvalue weighted by molar-refractivity contribution is 6.20. The number of aliphatic hydroxyl groups is 1. The second-order valence-corrected chi connectivity index (χ2v) is 37.6. The second kappa shape index (κ2) is 49.4. The van der Waals surface area contributed by atoms with Gasteiger partial charge in [0.05, 0.1) is 76.5 Å². The number of hydrogen-bond acceptors (Lipinski definition) is 22. The summed E-state index contributed by atoms with van der Waals surface area (Å²) in [5, 5.41) is 90.6. The van der Waals surface area contributed by atoms with Crippen molar-refractivity contribution >= 4 is 161 Å². The third-order valence-electron chi connectivity index (χ3n) is 26.6. The van der Waals surface area contributed by atoms with Gasteiger partial charge in [-0.3, -0.25) is 62.3 Å². The molecule has 2 aromatic heterocycles. The molecule has 12 amide bonds. The van der Waals surface area contributed by atoms with Crippen LogP contribution in [0.15, 0.2) is 142 Å². The van der Waals surface area contributed by atoms with Gasteiger partial charge in [-0.05, 0) is 161 Å². The Hall–Kier alpha value is -15.6. The van der Waals surface area contributed by atoms with Gasteiger partial charge >= 0.3 is 46.2 Å². The summed E-state index contributed by atoms with van der Waals surface area (Å²) in [5.41, 5.74) is 4.99. The summed E-state index contributed by atoms with van der Waals surface area (Å²) in [7, 11) is 14.7. The van der Waals surface area contributed by atoms with E-state index >= 15 is 4.79 Å². The van der Waals surface area contributed by atoms with Crippen LogP contribution in [0.4, 0.5) is 22.7 Å². The highest BCUT2D eigenvalue weighted by Gasteiger charge is 2.45. The summed E-state index contributed by atoms with van der Waals surface area (Å²) < 4.78 is 13.0. The number of aliphatic hydroxyl groups excluding tert-OH is 1. The van der Waals surface area contributed by atoms with Gasteiger partial charge in [-0.25, -0.2) is 23.2 Å². The molecule has 2 fully saturated rings. The highest BCUT2D eigenvalue weighted by Crippen LogP contribution is 2.45. The molecule has 772 valence electrons. The molecule has 0 saturated carbocycles. The Morgan fingerprint density at radius 3 is 1.25 bits per heavy atom. The van der Waals surface area contributed by atoms with Gasteiger partial charge < -0.3 is 113 Å². The minimum Gasteiger partial charge on any atom is -0.508 e. The SMILES string of the molecule is CCCC[C@H](NC(=O)[C@@H]1CCCN1C(=O)[C@@H](NC(=O)[C@H](C)NC(=O)[C@H](CC(=O)O)NC(=O)c1cccc(C(=O)O)c1-c1c2ccc(N(C)C)cc2[o+]c2cc(N(C)C)ccc12)[C@@H](C)CC)C(=O)N[C@@H](CO)C(=O)N[C@H](C(=O)N1CCC[C@H]1C(=O)N[C@@H](CCCCNC(=O)c1cccc(C(=O)O)c1-c1c2ccc(N(C)C)cc2[o+]c2cc(N(C)C)ccc12)C(=O)NCC(=O)N[C@@H](Cc1ccc(O)cc1)C(=O)O)[C@@H](C)CC. The lowest BCUT2D eigenvalue weighted by Gasteiger charge is -2.33. The van der Waals surface area contributed by atoms with E-state index in [4.69, 9.17) is 8.83 Å². The fourth-order valence-corrected chi connectivity index (χ4v) is 17.9. The maximum atomic E-state index is 15.1. The van der Waals surface area contributed by atoms with Crippen molar-refractivity contribution in [2.45, 2.75) is 192 Å². The van der Waals surface area contributed by atoms with Crippen molar-refractivity contribution < 1.29 is 116 Å². The lowest BCUT2D eigenvalue weighted by atomic mass is 9.89. The first-order chi connectivity index (χ1) is 69.0. The van der Waals surface area contributed by atoms with Gasteiger partial charge in [0.2, 0.25) is 59.1 Å². The number of benzene rings is 7. The van der Waals surface area contributed by atoms with Gasteiger partial charge in [0.15, 0.2) is 0 Å². The van der Waals surface area contributed by atoms with Gasteiger partial charge in [-0.15, -0.1) is 0 Å². The van der Waals surface area contributed by atoms with Crippen molar-refractivity contribution in [3.05, 3.63) is 161 Å². The number of phenols is 1. The van der Waals surface area contributed by atoms with Crippen LogP contribution in [0.5, 0.6) is 5.75 Å². The average Bonchev–Trinajstić information content (AvgIpc) is 1.30. The molecule has 40 nitrogen and oxygen atoms in total. The molecule has 40 heteroatoms. The molecule has 11 rings (SSSR count). The first-order valence-corrected chi connectivity index (χ1v) is 48.5. The number of nitrogens with one attached hydrogen (secondary N) is 10. The molecule has 145 heavy (non-hydrogen) atoms. The van der Waals surface area contributed by atoms with Gasteiger partial charge in [-0.2, -0.15) is 0 Å². The number of rotatable bonds is 47. The van der Waals surface area contributed by atoms with Crippen molar-refractivity contribution in [3.8, 4) is 28.0 Å². The zero-order chi connectivity index (χ0) is 106. The number of aromatic hydroxyl groups is 1. The van der Waals surface area contributed by atoms with Crippen LogP contribution in [0.3, 0.4) is 0 Å². The van der Waals surface area contributed by atoms with E-state index < -0.39 is 187 Å². The lowest BCUT2D eigenvalue weighted by Crippen LogP contribution is -2.61. The van der Waals surface area contributed by atoms with E-state index in [9.17, 15) is 103 Å². The molecule has 2 aliphatic rings. The van der Waals surface area contributed by atoms with E-state index in [2.05, 4.69) is 53.2 Å². The summed E-state index contributed by atoms with van der Waals surface area (Å²) in [5.74, 6) is -17.7. The Morgan fingerprint density at radius 2 is 0.834 bits per heavy atom. The van der Waals surface area contributed by atoms with Crippen molar-refractivity contribution in [1.82, 2.24) is 63.0 Å². The van der Waals surface area contributed by atoms with Gasteiger partial charge in [0.1, 0.15) is 66.2 Å². The summed E-state index contributed by atoms with van der Waals surface area (Å²) in [4.78, 5) is 237. The number of hydrogen-bond donors (Lipinski definition) is 16.